The molecule has 0 nitrogen and oxygen atoms in total. The van der Waals surface area contributed by atoms with Crippen LogP contribution in [0.4, 0.5) is 0 Å². The van der Waals surface area contributed by atoms with Crippen LogP contribution in [0.15, 0.2) is 66.7 Å². The zero-order valence-electron chi connectivity index (χ0n) is 11.8. The highest BCUT2D eigenvalue weighted by Gasteiger charge is 2.35. The van der Waals surface area contributed by atoms with Crippen LogP contribution in [-0.2, 0) is 6.42 Å². The minimum Gasteiger partial charge on any atom is -0.0795 e. The highest BCUT2D eigenvalue weighted by Crippen LogP contribution is 2.49. The van der Waals surface area contributed by atoms with Crippen molar-refractivity contribution in [1.29, 1.82) is 0 Å². The van der Waals surface area contributed by atoms with E-state index in [-0.39, 0.29) is 0 Å². The monoisotopic (exact) mass is 268 g/mol. The average Bonchev–Trinajstić information content (AvgIpc) is 2.94. The molecule has 2 aliphatic rings. The van der Waals surface area contributed by atoms with E-state index in [0.29, 0.717) is 11.8 Å². The number of fused-ring (bicyclic) bond motifs is 7. The highest BCUT2D eigenvalue weighted by atomic mass is 14.4. The lowest BCUT2D eigenvalue weighted by molar-refractivity contribution is 0.617. The third-order valence-corrected chi connectivity index (χ3v) is 5.11. The predicted molar refractivity (Wildman–Crippen MR) is 88.5 cm³/mol. The van der Waals surface area contributed by atoms with Gasteiger partial charge in [0.05, 0.1) is 0 Å². The standard InChI is InChI=1S/C21H16/c1-3-7-18-14(5-1)9-11-16-13-17-12-10-15-6-2-4-8-19(15)21(17)20(16)18/h1-12,16,20H,13H2. The Morgan fingerprint density at radius 1 is 0.810 bits per heavy atom. The highest BCUT2D eigenvalue weighted by molar-refractivity contribution is 5.89. The molecule has 0 radical (unpaired) electrons. The first kappa shape index (κ1) is 11.3. The van der Waals surface area contributed by atoms with Gasteiger partial charge >= 0.3 is 0 Å². The minimum atomic E-state index is 0.535. The van der Waals surface area contributed by atoms with E-state index in [9.17, 15) is 0 Å². The molecule has 0 heteroatoms. The number of rotatable bonds is 0. The van der Waals surface area contributed by atoms with E-state index >= 15 is 0 Å². The van der Waals surface area contributed by atoms with Crippen LogP contribution in [0.2, 0.25) is 0 Å². The maximum atomic E-state index is 2.42. The van der Waals surface area contributed by atoms with E-state index in [1.165, 1.54) is 33.9 Å². The van der Waals surface area contributed by atoms with Crippen molar-refractivity contribution >= 4 is 16.8 Å². The quantitative estimate of drug-likeness (QED) is 0.527. The first-order chi connectivity index (χ1) is 10.4. The van der Waals surface area contributed by atoms with Crippen LogP contribution in [0.1, 0.15) is 28.2 Å². The van der Waals surface area contributed by atoms with Crippen molar-refractivity contribution in [2.75, 3.05) is 0 Å². The normalized spacial score (nSPS) is 21.9. The van der Waals surface area contributed by atoms with E-state index in [2.05, 4.69) is 72.8 Å². The van der Waals surface area contributed by atoms with Gasteiger partial charge in [-0.15, -0.1) is 0 Å². The maximum Gasteiger partial charge on any atom is 0.0170 e. The molecule has 0 saturated heterocycles. The molecule has 2 atom stereocenters. The molecule has 3 aromatic rings. The summed E-state index contributed by atoms with van der Waals surface area (Å²) in [6, 6.07) is 22.3. The van der Waals surface area contributed by atoms with Gasteiger partial charge in [0.1, 0.15) is 0 Å². The van der Waals surface area contributed by atoms with Gasteiger partial charge in [0.25, 0.3) is 0 Å². The summed E-state index contributed by atoms with van der Waals surface area (Å²) in [5.74, 6) is 1.16. The molecule has 0 aliphatic heterocycles. The van der Waals surface area contributed by atoms with Crippen molar-refractivity contribution in [3.63, 3.8) is 0 Å². The molecule has 100 valence electrons. The van der Waals surface area contributed by atoms with E-state index in [0.717, 1.165) is 0 Å². The Balaban J connectivity index is 1.85. The predicted octanol–water partition coefficient (Wildman–Crippen LogP) is 5.17. The first-order valence-electron chi connectivity index (χ1n) is 7.69. The Labute approximate surface area is 124 Å². The molecule has 0 fully saturated rings. The van der Waals surface area contributed by atoms with Crippen LogP contribution in [0.5, 0.6) is 0 Å². The SMILES string of the molecule is C1=CC2Cc3ccc4ccccc4c3C2c2ccccc21. The van der Waals surface area contributed by atoms with Crippen LogP contribution in [-0.4, -0.2) is 0 Å². The van der Waals surface area contributed by atoms with Crippen molar-refractivity contribution < 1.29 is 0 Å². The minimum absolute atomic E-state index is 0.535. The third kappa shape index (κ3) is 1.50. The second-order valence-corrected chi connectivity index (χ2v) is 6.19. The van der Waals surface area contributed by atoms with Gasteiger partial charge < -0.3 is 0 Å². The van der Waals surface area contributed by atoms with Crippen molar-refractivity contribution in [2.45, 2.75) is 12.3 Å². The van der Waals surface area contributed by atoms with Crippen LogP contribution in [0.25, 0.3) is 16.8 Å². The van der Waals surface area contributed by atoms with Gasteiger partial charge in [0.15, 0.2) is 0 Å². The molecule has 0 bridgehead atoms. The molecular weight excluding hydrogens is 252 g/mol. The molecule has 0 N–H and O–H groups in total. The van der Waals surface area contributed by atoms with Gasteiger partial charge in [-0.05, 0) is 45.4 Å². The maximum absolute atomic E-state index is 2.42. The van der Waals surface area contributed by atoms with Crippen LogP contribution < -0.4 is 0 Å². The smallest absolute Gasteiger partial charge is 0.0170 e. The molecule has 0 aromatic heterocycles. The Kier molecular flexibility index (Phi) is 2.20. The molecule has 0 spiro atoms. The Hall–Kier alpha value is -2.34. The van der Waals surface area contributed by atoms with Gasteiger partial charge in [-0.1, -0.05) is 72.8 Å². The molecule has 0 amide bonds. The lowest BCUT2D eigenvalue weighted by atomic mass is 9.78. The van der Waals surface area contributed by atoms with Crippen LogP contribution in [0.3, 0.4) is 0 Å². The fourth-order valence-corrected chi connectivity index (χ4v) is 4.21. The summed E-state index contributed by atoms with van der Waals surface area (Å²) < 4.78 is 0. The summed E-state index contributed by atoms with van der Waals surface area (Å²) in [7, 11) is 0. The van der Waals surface area contributed by atoms with Gasteiger partial charge in [-0.3, -0.25) is 0 Å². The van der Waals surface area contributed by atoms with Gasteiger partial charge in [0, 0.05) is 5.92 Å². The summed E-state index contributed by atoms with van der Waals surface area (Å²) in [4.78, 5) is 0. The van der Waals surface area contributed by atoms with Gasteiger partial charge in [0.2, 0.25) is 0 Å². The van der Waals surface area contributed by atoms with E-state index in [4.69, 9.17) is 0 Å². The Morgan fingerprint density at radius 3 is 2.67 bits per heavy atom. The average molecular weight is 268 g/mol. The van der Waals surface area contributed by atoms with E-state index in [1.807, 2.05) is 0 Å². The van der Waals surface area contributed by atoms with Crippen LogP contribution in [0, 0.1) is 5.92 Å². The molecule has 3 aromatic carbocycles. The molecule has 21 heavy (non-hydrogen) atoms. The number of allylic oxidation sites excluding steroid dienone is 1. The number of hydrogen-bond donors (Lipinski definition) is 0. The lowest BCUT2D eigenvalue weighted by Gasteiger charge is -2.25. The summed E-state index contributed by atoms with van der Waals surface area (Å²) in [5, 5.41) is 2.80. The zero-order valence-corrected chi connectivity index (χ0v) is 11.8. The molecule has 2 unspecified atom stereocenters. The fraction of sp³-hybridized carbons (Fsp3) is 0.143. The molecule has 2 aliphatic carbocycles. The molecule has 5 rings (SSSR count). The second-order valence-electron chi connectivity index (χ2n) is 6.19. The lowest BCUT2D eigenvalue weighted by Crippen LogP contribution is -2.12. The van der Waals surface area contributed by atoms with Crippen molar-refractivity contribution in [3.8, 4) is 0 Å². The van der Waals surface area contributed by atoms with Crippen molar-refractivity contribution in [1.82, 2.24) is 0 Å². The molecule has 0 saturated carbocycles. The zero-order chi connectivity index (χ0) is 13.8. The Bertz CT molecular complexity index is 885. The van der Waals surface area contributed by atoms with Gasteiger partial charge in [-0.25, -0.2) is 0 Å². The topological polar surface area (TPSA) is 0 Å². The third-order valence-electron chi connectivity index (χ3n) is 5.11. The van der Waals surface area contributed by atoms with Gasteiger partial charge in [-0.2, -0.15) is 0 Å². The summed E-state index contributed by atoms with van der Waals surface area (Å²) in [6.07, 6.45) is 5.90. The van der Waals surface area contributed by atoms with Crippen molar-refractivity contribution in [3.05, 3.63) is 89.0 Å². The molecule has 0 heterocycles. The fourth-order valence-electron chi connectivity index (χ4n) is 4.21. The first-order valence-corrected chi connectivity index (χ1v) is 7.69. The summed E-state index contributed by atoms with van der Waals surface area (Å²) in [6.45, 7) is 0. The Morgan fingerprint density at radius 2 is 1.67 bits per heavy atom. The van der Waals surface area contributed by atoms with E-state index in [1.54, 1.807) is 5.56 Å². The largest absolute Gasteiger partial charge is 0.0795 e. The van der Waals surface area contributed by atoms with E-state index < -0.39 is 0 Å². The summed E-state index contributed by atoms with van der Waals surface area (Å²) in [5.41, 5.74) is 5.99. The van der Waals surface area contributed by atoms with Crippen molar-refractivity contribution in [2.24, 2.45) is 5.92 Å². The number of hydrogen-bond acceptors (Lipinski definition) is 0. The second kappa shape index (κ2) is 4.08. The number of benzene rings is 3. The van der Waals surface area contributed by atoms with Crippen LogP contribution >= 0.6 is 0 Å². The molecular formula is C21H16. The summed E-state index contributed by atoms with van der Waals surface area (Å²) >= 11 is 0.